The number of amides is 1. The van der Waals surface area contributed by atoms with Crippen LogP contribution in [0.15, 0.2) is 60.8 Å². The Hall–Kier alpha value is -3.48. The Balaban J connectivity index is 1.57. The summed E-state index contributed by atoms with van der Waals surface area (Å²) in [6.45, 7) is 2.84. The monoisotopic (exact) mass is 380 g/mol. The summed E-state index contributed by atoms with van der Waals surface area (Å²) in [5.74, 6) is 0.469. The molecule has 144 valence electrons. The summed E-state index contributed by atoms with van der Waals surface area (Å²) in [5.41, 5.74) is 1.57. The second-order valence-corrected chi connectivity index (χ2v) is 5.95. The molecular formula is C21H21FN4O2. The van der Waals surface area contributed by atoms with Crippen LogP contribution in [0, 0.1) is 5.82 Å². The topological polar surface area (TPSA) is 76.1 Å². The Kier molecular flexibility index (Phi) is 6.51. The molecule has 1 aromatic heterocycles. The van der Waals surface area contributed by atoms with Crippen molar-refractivity contribution in [1.82, 2.24) is 15.3 Å². The fraction of sp³-hybridized carbons (Fsp3) is 0.190. The molecule has 0 atom stereocenters. The third kappa shape index (κ3) is 5.26. The summed E-state index contributed by atoms with van der Waals surface area (Å²) in [6.07, 6.45) is 1.91. The third-order valence-corrected chi connectivity index (χ3v) is 3.95. The molecule has 2 N–H and O–H groups in total. The third-order valence-electron chi connectivity index (χ3n) is 3.95. The molecule has 0 saturated heterocycles. The van der Waals surface area contributed by atoms with E-state index in [2.05, 4.69) is 20.6 Å². The average molecular weight is 380 g/mol. The molecule has 0 fully saturated rings. The lowest BCUT2D eigenvalue weighted by Gasteiger charge is -2.09. The zero-order valence-electron chi connectivity index (χ0n) is 15.5. The molecular weight excluding hydrogens is 359 g/mol. The van der Waals surface area contributed by atoms with Gasteiger partial charge in [-0.15, -0.1) is 0 Å². The van der Waals surface area contributed by atoms with Crippen molar-refractivity contribution in [3.63, 3.8) is 0 Å². The molecule has 2 aromatic carbocycles. The van der Waals surface area contributed by atoms with Crippen molar-refractivity contribution in [2.24, 2.45) is 0 Å². The van der Waals surface area contributed by atoms with Crippen molar-refractivity contribution in [1.29, 1.82) is 0 Å². The minimum Gasteiger partial charge on any atom is -0.494 e. The van der Waals surface area contributed by atoms with E-state index in [1.54, 1.807) is 18.2 Å². The van der Waals surface area contributed by atoms with Crippen LogP contribution in [0.5, 0.6) is 5.75 Å². The minimum absolute atomic E-state index is 0.233. The Labute approximate surface area is 162 Å². The van der Waals surface area contributed by atoms with E-state index in [0.29, 0.717) is 31.1 Å². The number of halogens is 1. The van der Waals surface area contributed by atoms with Crippen molar-refractivity contribution >= 4 is 17.5 Å². The second-order valence-electron chi connectivity index (χ2n) is 5.95. The molecule has 7 heteroatoms. The van der Waals surface area contributed by atoms with Crippen LogP contribution in [0.25, 0.3) is 0 Å². The number of nitrogens with one attached hydrogen (secondary N) is 2. The normalized spacial score (nSPS) is 10.4. The van der Waals surface area contributed by atoms with Crippen LogP contribution in [0.4, 0.5) is 16.0 Å². The molecule has 0 bridgehead atoms. The van der Waals surface area contributed by atoms with Gasteiger partial charge in [0.2, 0.25) is 5.95 Å². The van der Waals surface area contributed by atoms with E-state index in [0.717, 1.165) is 11.4 Å². The van der Waals surface area contributed by atoms with E-state index in [-0.39, 0.29) is 17.4 Å². The lowest BCUT2D eigenvalue weighted by Crippen LogP contribution is -2.27. The molecule has 0 saturated carbocycles. The Bertz CT molecular complexity index is 932. The number of hydrogen-bond donors (Lipinski definition) is 2. The number of hydrogen-bond acceptors (Lipinski definition) is 5. The minimum atomic E-state index is -0.339. The van der Waals surface area contributed by atoms with Crippen molar-refractivity contribution in [2.45, 2.75) is 13.3 Å². The number of benzene rings is 2. The number of ether oxygens (including phenoxy) is 1. The lowest BCUT2D eigenvalue weighted by atomic mass is 10.1. The zero-order chi connectivity index (χ0) is 19.8. The summed E-state index contributed by atoms with van der Waals surface area (Å²) in [7, 11) is 0. The number of anilines is 2. The predicted octanol–water partition coefficient (Wildman–Crippen LogP) is 3.73. The molecule has 1 heterocycles. The van der Waals surface area contributed by atoms with Gasteiger partial charge in [0, 0.05) is 18.4 Å². The predicted molar refractivity (Wildman–Crippen MR) is 105 cm³/mol. The first-order chi connectivity index (χ1) is 13.7. The summed E-state index contributed by atoms with van der Waals surface area (Å²) < 4.78 is 19.0. The van der Waals surface area contributed by atoms with Gasteiger partial charge in [0.15, 0.2) is 0 Å². The van der Waals surface area contributed by atoms with Crippen LogP contribution >= 0.6 is 0 Å². The molecule has 28 heavy (non-hydrogen) atoms. The Morgan fingerprint density at radius 3 is 2.64 bits per heavy atom. The Morgan fingerprint density at radius 2 is 1.89 bits per heavy atom. The first-order valence-corrected chi connectivity index (χ1v) is 9.00. The first-order valence-electron chi connectivity index (χ1n) is 9.00. The molecule has 0 spiro atoms. The van der Waals surface area contributed by atoms with Gasteiger partial charge in [0.25, 0.3) is 5.91 Å². The average Bonchev–Trinajstić information content (AvgIpc) is 2.71. The molecule has 6 nitrogen and oxygen atoms in total. The number of nitrogens with zero attached hydrogens (tertiary/aromatic N) is 2. The number of aromatic nitrogens is 2. The molecule has 1 amide bonds. The number of carbonyl (C=O) groups is 1. The van der Waals surface area contributed by atoms with Gasteiger partial charge >= 0.3 is 0 Å². The van der Waals surface area contributed by atoms with E-state index in [1.165, 1.54) is 18.3 Å². The van der Waals surface area contributed by atoms with Gasteiger partial charge in [0.05, 0.1) is 6.61 Å². The Morgan fingerprint density at radius 1 is 1.11 bits per heavy atom. The van der Waals surface area contributed by atoms with E-state index < -0.39 is 0 Å². The van der Waals surface area contributed by atoms with E-state index in [1.807, 2.05) is 31.2 Å². The SMILES string of the molecule is CCOc1ccc(Nc2nccc(C(=O)NCCc3ccccc3F)n2)cc1. The van der Waals surface area contributed by atoms with Crippen molar-refractivity contribution < 1.29 is 13.9 Å². The fourth-order valence-corrected chi connectivity index (χ4v) is 2.58. The standard InChI is InChI=1S/C21H21FN4O2/c1-2-28-17-9-7-16(8-10-17)25-21-24-14-12-19(26-21)20(27)23-13-11-15-5-3-4-6-18(15)22/h3-10,12,14H,2,11,13H2,1H3,(H,23,27)(H,24,25,26). The summed E-state index contributed by atoms with van der Waals surface area (Å²) in [6, 6.07) is 15.4. The van der Waals surface area contributed by atoms with Gasteiger partial charge in [-0.2, -0.15) is 0 Å². The van der Waals surface area contributed by atoms with E-state index in [4.69, 9.17) is 4.74 Å². The van der Waals surface area contributed by atoms with Crippen LogP contribution in [-0.4, -0.2) is 29.0 Å². The van der Waals surface area contributed by atoms with Crippen LogP contribution < -0.4 is 15.4 Å². The highest BCUT2D eigenvalue weighted by atomic mass is 19.1. The van der Waals surface area contributed by atoms with Gasteiger partial charge in [0.1, 0.15) is 17.3 Å². The van der Waals surface area contributed by atoms with Gasteiger partial charge in [-0.1, -0.05) is 18.2 Å². The summed E-state index contributed by atoms with van der Waals surface area (Å²) in [4.78, 5) is 20.7. The number of carbonyl (C=O) groups excluding carboxylic acids is 1. The highest BCUT2D eigenvalue weighted by molar-refractivity contribution is 5.92. The van der Waals surface area contributed by atoms with E-state index >= 15 is 0 Å². The molecule has 0 aliphatic carbocycles. The van der Waals surface area contributed by atoms with Crippen LogP contribution in [0.3, 0.4) is 0 Å². The van der Waals surface area contributed by atoms with Gasteiger partial charge in [-0.05, 0) is 55.3 Å². The molecule has 0 aliphatic heterocycles. The highest BCUT2D eigenvalue weighted by Gasteiger charge is 2.09. The quantitative estimate of drug-likeness (QED) is 0.623. The van der Waals surface area contributed by atoms with Crippen molar-refractivity contribution in [2.75, 3.05) is 18.5 Å². The van der Waals surface area contributed by atoms with Gasteiger partial charge < -0.3 is 15.4 Å². The maximum Gasteiger partial charge on any atom is 0.270 e. The zero-order valence-corrected chi connectivity index (χ0v) is 15.5. The molecule has 0 aliphatic rings. The van der Waals surface area contributed by atoms with Crippen molar-refractivity contribution in [3.8, 4) is 5.75 Å². The molecule has 3 aromatic rings. The maximum atomic E-state index is 13.6. The molecule has 3 rings (SSSR count). The molecule has 0 unspecified atom stereocenters. The van der Waals surface area contributed by atoms with E-state index in [9.17, 15) is 9.18 Å². The molecule has 0 radical (unpaired) electrons. The smallest absolute Gasteiger partial charge is 0.270 e. The van der Waals surface area contributed by atoms with Crippen LogP contribution in [-0.2, 0) is 6.42 Å². The largest absolute Gasteiger partial charge is 0.494 e. The maximum absolute atomic E-state index is 13.6. The van der Waals surface area contributed by atoms with Crippen LogP contribution in [0.2, 0.25) is 0 Å². The number of rotatable bonds is 8. The lowest BCUT2D eigenvalue weighted by molar-refractivity contribution is 0.0949. The van der Waals surface area contributed by atoms with Gasteiger partial charge in [-0.3, -0.25) is 4.79 Å². The van der Waals surface area contributed by atoms with Crippen LogP contribution in [0.1, 0.15) is 23.0 Å². The first kappa shape index (κ1) is 19.3. The second kappa shape index (κ2) is 9.45. The van der Waals surface area contributed by atoms with Gasteiger partial charge in [-0.25, -0.2) is 14.4 Å². The highest BCUT2D eigenvalue weighted by Crippen LogP contribution is 2.18. The summed E-state index contributed by atoms with van der Waals surface area (Å²) in [5, 5.41) is 5.80. The fourth-order valence-electron chi connectivity index (χ4n) is 2.58. The van der Waals surface area contributed by atoms with Crippen molar-refractivity contribution in [3.05, 3.63) is 77.9 Å². The summed E-state index contributed by atoms with van der Waals surface area (Å²) >= 11 is 0.